The van der Waals surface area contributed by atoms with Crippen molar-refractivity contribution in [2.24, 2.45) is 0 Å². The predicted molar refractivity (Wildman–Crippen MR) is 273 cm³/mol. The van der Waals surface area contributed by atoms with Crippen LogP contribution in [0.25, 0.3) is 129 Å². The van der Waals surface area contributed by atoms with Crippen molar-refractivity contribution in [3.8, 4) is 55.6 Å². The van der Waals surface area contributed by atoms with Crippen LogP contribution in [0.15, 0.2) is 231 Å². The fourth-order valence-electron chi connectivity index (χ4n) is 10.7. The van der Waals surface area contributed by atoms with Crippen LogP contribution in [0.5, 0.6) is 0 Å². The number of benzene rings is 12. The van der Waals surface area contributed by atoms with Gasteiger partial charge in [-0.2, -0.15) is 0 Å². The Bertz CT molecular complexity index is 3840. The maximum absolute atomic E-state index is 2.40. The Hall–Kier alpha value is -7.54. The largest absolute Gasteiger partial charge is 0.0617 e. The topological polar surface area (TPSA) is 0 Å². The Morgan fingerprint density at radius 1 is 0.190 bits per heavy atom. The SMILES string of the molecule is c1ccc(-c2ccc(-c3c4ccccc4c(-c4cccc5[se]c6cccc(-c7c8ccccc8c(-c8ccccc8)c8ccccc78)c6c45)c4ccccc34)c3ccccc23)cc1. The van der Waals surface area contributed by atoms with Crippen molar-refractivity contribution in [3.05, 3.63) is 231 Å². The number of fused-ring (bicyclic) bond motifs is 8. The molecule has 292 valence electrons. The zero-order valence-electron chi connectivity index (χ0n) is 34.3. The molecule has 0 nitrogen and oxygen atoms in total. The quantitative estimate of drug-likeness (QED) is 0.119. The molecule has 1 heteroatoms. The molecule has 1 heterocycles. The Morgan fingerprint density at radius 3 is 0.937 bits per heavy atom. The van der Waals surface area contributed by atoms with Crippen molar-refractivity contribution in [2.75, 3.05) is 0 Å². The molecule has 13 aromatic rings. The molecule has 0 saturated heterocycles. The van der Waals surface area contributed by atoms with Crippen LogP contribution in [0.1, 0.15) is 0 Å². The molecular formula is C62H38Se. The first-order valence-electron chi connectivity index (χ1n) is 21.8. The first-order chi connectivity index (χ1) is 31.3. The molecule has 0 spiro atoms. The van der Waals surface area contributed by atoms with Crippen LogP contribution in [-0.2, 0) is 0 Å². The minimum absolute atomic E-state index is 0.150. The van der Waals surface area contributed by atoms with Crippen molar-refractivity contribution < 1.29 is 0 Å². The van der Waals surface area contributed by atoms with Gasteiger partial charge in [0.2, 0.25) is 0 Å². The van der Waals surface area contributed by atoms with E-state index in [0.717, 1.165) is 0 Å². The van der Waals surface area contributed by atoms with E-state index in [2.05, 4.69) is 231 Å². The van der Waals surface area contributed by atoms with Crippen LogP contribution in [0.2, 0.25) is 0 Å². The third kappa shape index (κ3) is 5.54. The molecule has 0 aliphatic carbocycles. The number of hydrogen-bond donors (Lipinski definition) is 0. The minimum Gasteiger partial charge on any atom is -0.0617 e. The fraction of sp³-hybridized carbons (Fsp3) is 0. The van der Waals surface area contributed by atoms with Gasteiger partial charge in [-0.25, -0.2) is 0 Å². The fourth-order valence-corrected chi connectivity index (χ4v) is 13.1. The van der Waals surface area contributed by atoms with Gasteiger partial charge in [-0.15, -0.1) is 0 Å². The molecule has 0 unspecified atom stereocenters. The van der Waals surface area contributed by atoms with E-state index in [0.29, 0.717) is 0 Å². The summed E-state index contributed by atoms with van der Waals surface area (Å²) in [5, 5.41) is 15.5. The maximum atomic E-state index is 2.40. The maximum Gasteiger partial charge on any atom is -0.0544 e. The van der Waals surface area contributed by atoms with Gasteiger partial charge in [0, 0.05) is 0 Å². The molecule has 1 aromatic heterocycles. The summed E-state index contributed by atoms with van der Waals surface area (Å²) in [6.07, 6.45) is 0. The van der Waals surface area contributed by atoms with E-state index in [1.165, 1.54) is 129 Å². The third-order valence-electron chi connectivity index (χ3n) is 13.3. The summed E-state index contributed by atoms with van der Waals surface area (Å²) in [6.45, 7) is 0. The Kier molecular flexibility index (Phi) is 8.34. The zero-order valence-corrected chi connectivity index (χ0v) is 36.1. The molecule has 0 amide bonds. The summed E-state index contributed by atoms with van der Waals surface area (Å²) >= 11 is 0.150. The van der Waals surface area contributed by atoms with E-state index < -0.39 is 0 Å². The Balaban J connectivity index is 1.13. The van der Waals surface area contributed by atoms with Crippen molar-refractivity contribution >= 4 is 87.7 Å². The van der Waals surface area contributed by atoms with E-state index in [4.69, 9.17) is 0 Å². The summed E-state index contributed by atoms with van der Waals surface area (Å²) in [6, 6.07) is 85.9. The van der Waals surface area contributed by atoms with E-state index >= 15 is 0 Å². The van der Waals surface area contributed by atoms with Crippen molar-refractivity contribution in [2.45, 2.75) is 0 Å². The van der Waals surface area contributed by atoms with E-state index in [1.807, 2.05) is 0 Å². The average Bonchev–Trinajstić information content (AvgIpc) is 3.75. The van der Waals surface area contributed by atoms with Gasteiger partial charge in [-0.05, 0) is 0 Å². The smallest absolute Gasteiger partial charge is 0.0544 e. The van der Waals surface area contributed by atoms with Gasteiger partial charge in [0.05, 0.1) is 0 Å². The second kappa shape index (κ2) is 14.5. The van der Waals surface area contributed by atoms with Gasteiger partial charge in [-0.3, -0.25) is 0 Å². The summed E-state index contributed by atoms with van der Waals surface area (Å²) in [5.74, 6) is 0. The standard InChI is InChI=1S/C62H38Se/c1-3-19-39(20-4-1)41-37-38-52(43-24-8-7-23-42(41)43)58-48-29-13-15-31-50(48)60(51-32-16-14-30-49(51)58)54-34-18-36-56-62(54)61-53(33-17-35-55(61)63-56)59-46-27-11-9-25-44(46)57(40-21-5-2-6-22-40)45-26-10-12-28-47(45)59/h1-38H. The van der Waals surface area contributed by atoms with Crippen molar-refractivity contribution in [1.29, 1.82) is 0 Å². The molecule has 12 aromatic carbocycles. The second-order valence-electron chi connectivity index (χ2n) is 16.6. The first kappa shape index (κ1) is 36.1. The van der Waals surface area contributed by atoms with Crippen LogP contribution in [0.4, 0.5) is 0 Å². The van der Waals surface area contributed by atoms with E-state index in [9.17, 15) is 0 Å². The van der Waals surface area contributed by atoms with Crippen LogP contribution in [0, 0.1) is 0 Å². The van der Waals surface area contributed by atoms with Gasteiger partial charge in [0.15, 0.2) is 0 Å². The summed E-state index contributed by atoms with van der Waals surface area (Å²) in [5.41, 5.74) is 12.8. The van der Waals surface area contributed by atoms with Gasteiger partial charge in [0.1, 0.15) is 0 Å². The summed E-state index contributed by atoms with van der Waals surface area (Å²) in [7, 11) is 0. The zero-order chi connectivity index (χ0) is 41.4. The molecule has 0 atom stereocenters. The molecule has 0 bridgehead atoms. The van der Waals surface area contributed by atoms with Crippen LogP contribution in [-0.4, -0.2) is 14.5 Å². The normalized spacial score (nSPS) is 11.8. The monoisotopic (exact) mass is 862 g/mol. The minimum atomic E-state index is 0.150. The summed E-state index contributed by atoms with van der Waals surface area (Å²) < 4.78 is 2.88. The number of rotatable bonds is 5. The van der Waals surface area contributed by atoms with Crippen LogP contribution >= 0.6 is 0 Å². The molecule has 0 aliphatic rings. The van der Waals surface area contributed by atoms with Crippen LogP contribution < -0.4 is 0 Å². The third-order valence-corrected chi connectivity index (χ3v) is 15.6. The van der Waals surface area contributed by atoms with Crippen molar-refractivity contribution in [3.63, 3.8) is 0 Å². The van der Waals surface area contributed by atoms with Crippen LogP contribution in [0.3, 0.4) is 0 Å². The Labute approximate surface area is 371 Å². The summed E-state index contributed by atoms with van der Waals surface area (Å²) in [4.78, 5) is 0. The average molecular weight is 862 g/mol. The predicted octanol–water partition coefficient (Wildman–Crippen LogP) is 17.2. The molecule has 0 radical (unpaired) electrons. The van der Waals surface area contributed by atoms with E-state index in [1.54, 1.807) is 0 Å². The molecule has 63 heavy (non-hydrogen) atoms. The molecular weight excluding hydrogens is 824 g/mol. The van der Waals surface area contributed by atoms with Gasteiger partial charge in [0.25, 0.3) is 0 Å². The molecule has 0 N–H and O–H groups in total. The molecule has 0 aliphatic heterocycles. The first-order valence-corrected chi connectivity index (χ1v) is 23.5. The van der Waals surface area contributed by atoms with Crippen molar-refractivity contribution in [1.82, 2.24) is 0 Å². The second-order valence-corrected chi connectivity index (χ2v) is 18.9. The molecule has 0 fully saturated rings. The molecule has 0 saturated carbocycles. The Morgan fingerprint density at radius 2 is 0.508 bits per heavy atom. The molecule has 13 rings (SSSR count). The van der Waals surface area contributed by atoms with E-state index in [-0.39, 0.29) is 14.5 Å². The van der Waals surface area contributed by atoms with Gasteiger partial charge < -0.3 is 0 Å². The van der Waals surface area contributed by atoms with Gasteiger partial charge in [-0.1, -0.05) is 30.3 Å². The van der Waals surface area contributed by atoms with Gasteiger partial charge >= 0.3 is 343 Å². The number of hydrogen-bond acceptors (Lipinski definition) is 0.